The Morgan fingerprint density at radius 1 is 0.688 bits per heavy atom. The Hall–Kier alpha value is -5.42. The third-order valence-corrected chi connectivity index (χ3v) is 9.59. The minimum absolute atomic E-state index is 0.168. The molecule has 5 aromatic carbocycles. The predicted molar refractivity (Wildman–Crippen MR) is 199 cm³/mol. The maximum Gasteiger partial charge on any atom is 0.339 e. The monoisotopic (exact) mass is 633 g/mol. The first kappa shape index (κ1) is 31.2. The molecule has 2 aliphatic rings. The van der Waals surface area contributed by atoms with Crippen LogP contribution in [0.1, 0.15) is 43.6 Å². The smallest absolute Gasteiger partial charge is 0.339 e. The summed E-state index contributed by atoms with van der Waals surface area (Å²) in [6, 6.07) is 39.4. The second-order valence-electron chi connectivity index (χ2n) is 12.1. The number of anilines is 1. The lowest BCUT2D eigenvalue weighted by Crippen LogP contribution is -2.29. The van der Waals surface area contributed by atoms with E-state index in [1.165, 1.54) is 0 Å². The average Bonchev–Trinajstić information content (AvgIpc) is 3.13. The van der Waals surface area contributed by atoms with E-state index in [0.29, 0.717) is 5.56 Å². The molecule has 0 saturated carbocycles. The number of fused-ring (bicyclic) bond motifs is 4. The van der Waals surface area contributed by atoms with Crippen LogP contribution in [0.15, 0.2) is 120 Å². The number of benzene rings is 6. The highest BCUT2D eigenvalue weighted by molar-refractivity contribution is 6.08. The van der Waals surface area contributed by atoms with Crippen LogP contribution in [0.5, 0.6) is 0 Å². The van der Waals surface area contributed by atoms with Gasteiger partial charge in [-0.15, -0.1) is 0 Å². The van der Waals surface area contributed by atoms with E-state index < -0.39 is 0 Å². The Bertz CT molecular complexity index is 2270. The van der Waals surface area contributed by atoms with Gasteiger partial charge in [0.2, 0.25) is 5.36 Å². The van der Waals surface area contributed by atoms with E-state index in [2.05, 4.69) is 104 Å². The molecule has 5 nitrogen and oxygen atoms in total. The number of esters is 1. The molecular formula is C43H41N2O3+. The second-order valence-corrected chi connectivity index (χ2v) is 12.1. The topological polar surface area (TPSA) is 45.7 Å². The Balaban J connectivity index is 1.38. The van der Waals surface area contributed by atoms with Gasteiger partial charge in [-0.1, -0.05) is 66.7 Å². The molecule has 0 amide bonds. The molecule has 5 heteroatoms. The lowest BCUT2D eigenvalue weighted by atomic mass is 9.90. The molecular weight excluding hydrogens is 592 g/mol. The molecule has 0 saturated heterocycles. The minimum Gasteiger partial charge on any atom is -0.457 e. The molecule has 7 rings (SSSR count). The van der Waals surface area contributed by atoms with Gasteiger partial charge < -0.3 is 14.1 Å². The van der Waals surface area contributed by atoms with E-state index in [9.17, 15) is 4.79 Å². The van der Waals surface area contributed by atoms with Gasteiger partial charge in [-0.05, 0) is 85.1 Å². The summed E-state index contributed by atoms with van der Waals surface area (Å²) in [6.07, 6.45) is 0. The Morgan fingerprint density at radius 3 is 2.04 bits per heavy atom. The van der Waals surface area contributed by atoms with Crippen molar-refractivity contribution in [3.63, 3.8) is 0 Å². The van der Waals surface area contributed by atoms with Crippen molar-refractivity contribution in [2.24, 2.45) is 0 Å². The van der Waals surface area contributed by atoms with E-state index >= 15 is 0 Å². The molecule has 1 aliphatic carbocycles. The number of nitrogens with zero attached hydrogens (tertiary/aromatic N) is 2. The van der Waals surface area contributed by atoms with Crippen molar-refractivity contribution in [1.82, 2.24) is 4.58 Å². The maximum absolute atomic E-state index is 14.1. The van der Waals surface area contributed by atoms with Gasteiger partial charge >= 0.3 is 5.97 Å². The zero-order chi connectivity index (χ0) is 33.2. The van der Waals surface area contributed by atoms with E-state index in [1.807, 2.05) is 48.5 Å². The molecule has 1 aliphatic heterocycles. The fourth-order valence-electron chi connectivity index (χ4n) is 7.09. The molecule has 240 valence electrons. The van der Waals surface area contributed by atoms with Gasteiger partial charge in [0.05, 0.1) is 11.6 Å². The van der Waals surface area contributed by atoms with Crippen LogP contribution in [-0.2, 0) is 11.3 Å². The third-order valence-electron chi connectivity index (χ3n) is 9.59. The van der Waals surface area contributed by atoms with Crippen LogP contribution in [0.4, 0.5) is 5.69 Å². The van der Waals surface area contributed by atoms with E-state index in [4.69, 9.17) is 9.15 Å². The van der Waals surface area contributed by atoms with Gasteiger partial charge in [0, 0.05) is 53.0 Å². The van der Waals surface area contributed by atoms with Gasteiger partial charge in [0.1, 0.15) is 31.0 Å². The van der Waals surface area contributed by atoms with Gasteiger partial charge in [0.25, 0.3) is 0 Å². The van der Waals surface area contributed by atoms with Crippen LogP contribution < -0.4 is 14.8 Å². The van der Waals surface area contributed by atoms with Crippen LogP contribution in [0.3, 0.4) is 0 Å². The molecule has 0 radical (unpaired) electrons. The van der Waals surface area contributed by atoms with Crippen molar-refractivity contribution in [3.05, 3.63) is 132 Å². The highest BCUT2D eigenvalue weighted by Crippen LogP contribution is 2.42. The quantitative estimate of drug-likeness (QED) is 0.0903. The first-order chi connectivity index (χ1) is 23.5. The predicted octanol–water partition coefficient (Wildman–Crippen LogP) is 9.53. The van der Waals surface area contributed by atoms with E-state index in [0.717, 1.165) is 97.8 Å². The normalized spacial score (nSPS) is 11.4. The van der Waals surface area contributed by atoms with Crippen LogP contribution in [0.25, 0.3) is 55.0 Å². The van der Waals surface area contributed by atoms with Crippen molar-refractivity contribution < 1.29 is 13.9 Å². The molecule has 1 heterocycles. The summed E-state index contributed by atoms with van der Waals surface area (Å²) in [7, 11) is 0. The molecule has 0 spiro atoms. The van der Waals surface area contributed by atoms with Gasteiger partial charge in [-0.3, -0.25) is 0 Å². The zero-order valence-electron chi connectivity index (χ0n) is 28.1. The Labute approximate surface area is 281 Å². The van der Waals surface area contributed by atoms with Crippen molar-refractivity contribution in [2.75, 3.05) is 31.1 Å². The summed E-state index contributed by atoms with van der Waals surface area (Å²) >= 11 is 0. The van der Waals surface area contributed by atoms with Crippen LogP contribution in [-0.4, -0.2) is 32.1 Å². The largest absolute Gasteiger partial charge is 0.457 e. The SMILES string of the molecule is CCN(CC)c1ccc2c(-c3ccccc3C(=O)OCc3c4ccccc4cc4ccccc34)c3ccc(=[N+](CC)CC)cc-3oc2c1. The maximum atomic E-state index is 14.1. The van der Waals surface area contributed by atoms with Gasteiger partial charge in [-0.25, -0.2) is 9.37 Å². The molecule has 0 unspecified atom stereocenters. The number of carbonyl (C=O) groups is 1. The number of hydrogen-bond donors (Lipinski definition) is 0. The van der Waals surface area contributed by atoms with E-state index in [1.54, 1.807) is 0 Å². The fraction of sp³-hybridized carbons (Fsp3) is 0.209. The Kier molecular flexibility index (Phi) is 8.68. The highest BCUT2D eigenvalue weighted by Gasteiger charge is 2.24. The Morgan fingerprint density at radius 2 is 1.35 bits per heavy atom. The second kappa shape index (κ2) is 13.4. The van der Waals surface area contributed by atoms with Crippen molar-refractivity contribution >= 4 is 44.2 Å². The van der Waals surface area contributed by atoms with Crippen LogP contribution in [0.2, 0.25) is 0 Å². The lowest BCUT2D eigenvalue weighted by Gasteiger charge is -2.22. The standard InChI is InChI=1S/C43H41N2O3/c1-5-44(6-2)31-21-23-37-40(26-31)48-41-27-32(45(7-3)8-4)22-24-38(41)42(37)35-19-13-14-20-36(35)43(46)47-28-39-33-17-11-9-15-29(33)25-30-16-10-12-18-34(30)39/h9-27H,5-8,28H2,1-4H3/q+1. The van der Waals surface area contributed by atoms with Crippen molar-refractivity contribution in [2.45, 2.75) is 34.3 Å². The van der Waals surface area contributed by atoms with Gasteiger partial charge in [0.15, 0.2) is 0 Å². The lowest BCUT2D eigenvalue weighted by molar-refractivity contribution is 0.0477. The van der Waals surface area contributed by atoms with Crippen LogP contribution >= 0.6 is 0 Å². The van der Waals surface area contributed by atoms with Gasteiger partial charge in [-0.2, -0.15) is 0 Å². The zero-order valence-corrected chi connectivity index (χ0v) is 28.1. The number of rotatable bonds is 9. The summed E-state index contributed by atoms with van der Waals surface area (Å²) in [4.78, 5) is 16.5. The number of hydrogen-bond acceptors (Lipinski definition) is 4. The molecule has 5 aromatic rings. The average molecular weight is 634 g/mol. The minimum atomic E-state index is -0.357. The summed E-state index contributed by atoms with van der Waals surface area (Å²) in [5.74, 6) is 0.424. The highest BCUT2D eigenvalue weighted by atomic mass is 16.5. The molecule has 0 atom stereocenters. The summed E-state index contributed by atoms with van der Waals surface area (Å²) in [5, 5.41) is 6.49. The molecule has 0 aromatic heterocycles. The summed E-state index contributed by atoms with van der Waals surface area (Å²) in [5.41, 5.74) is 6.16. The molecule has 0 N–H and O–H groups in total. The van der Waals surface area contributed by atoms with Crippen LogP contribution in [0, 0.1) is 0 Å². The van der Waals surface area contributed by atoms with Crippen molar-refractivity contribution in [3.8, 4) is 22.5 Å². The fourth-order valence-corrected chi connectivity index (χ4v) is 7.09. The number of ether oxygens (including phenoxy) is 1. The first-order valence-corrected chi connectivity index (χ1v) is 17.0. The number of carbonyl (C=O) groups excluding carboxylic acids is 1. The molecule has 0 fully saturated rings. The summed E-state index contributed by atoms with van der Waals surface area (Å²) in [6.45, 7) is 12.4. The first-order valence-electron chi connectivity index (χ1n) is 17.0. The third kappa shape index (κ3) is 5.60. The molecule has 48 heavy (non-hydrogen) atoms. The molecule has 0 bridgehead atoms. The summed E-state index contributed by atoms with van der Waals surface area (Å²) < 4.78 is 15.2. The van der Waals surface area contributed by atoms with E-state index in [-0.39, 0.29) is 12.6 Å². The van der Waals surface area contributed by atoms with Crippen molar-refractivity contribution in [1.29, 1.82) is 0 Å².